The van der Waals surface area contributed by atoms with Gasteiger partial charge in [-0.1, -0.05) is 6.08 Å². The first-order valence-corrected chi connectivity index (χ1v) is 4.04. The number of nitrogens with one attached hydrogen (secondary N) is 1. The number of aliphatic hydroxyl groups is 1. The van der Waals surface area contributed by atoms with Crippen LogP contribution in [0.1, 0.15) is 26.7 Å². The molecule has 0 saturated carbocycles. The fourth-order valence-electron chi connectivity index (χ4n) is 1.12. The molecule has 1 aliphatic rings. The standard InChI is InChI=1S/C9H15NO/c1-7(2)10-8-4-3-5-9(11)6-8/h4,6-7,10-11H,3,5H2,1-2H3. The van der Waals surface area contributed by atoms with Crippen LogP contribution in [0, 0.1) is 0 Å². The Balaban J connectivity index is 2.52. The van der Waals surface area contributed by atoms with Crippen LogP contribution in [0.5, 0.6) is 0 Å². The van der Waals surface area contributed by atoms with Crippen LogP contribution >= 0.6 is 0 Å². The highest BCUT2D eigenvalue weighted by atomic mass is 16.3. The molecule has 0 radical (unpaired) electrons. The molecule has 0 spiro atoms. The Morgan fingerprint density at radius 3 is 2.82 bits per heavy atom. The van der Waals surface area contributed by atoms with Crippen molar-refractivity contribution < 1.29 is 5.11 Å². The van der Waals surface area contributed by atoms with Crippen LogP contribution in [-0.2, 0) is 0 Å². The van der Waals surface area contributed by atoms with Crippen molar-refractivity contribution in [3.05, 3.63) is 23.6 Å². The summed E-state index contributed by atoms with van der Waals surface area (Å²) >= 11 is 0. The minimum absolute atomic E-state index is 0.434. The van der Waals surface area contributed by atoms with Gasteiger partial charge in [-0.25, -0.2) is 0 Å². The van der Waals surface area contributed by atoms with Crippen molar-refractivity contribution in [3.8, 4) is 0 Å². The predicted molar refractivity (Wildman–Crippen MR) is 46.3 cm³/mol. The lowest BCUT2D eigenvalue weighted by Gasteiger charge is -2.14. The van der Waals surface area contributed by atoms with Crippen LogP contribution in [-0.4, -0.2) is 11.1 Å². The van der Waals surface area contributed by atoms with Crippen molar-refractivity contribution in [1.29, 1.82) is 0 Å². The van der Waals surface area contributed by atoms with E-state index < -0.39 is 0 Å². The van der Waals surface area contributed by atoms with E-state index in [-0.39, 0.29) is 0 Å². The fraction of sp³-hybridized carbons (Fsp3) is 0.556. The smallest absolute Gasteiger partial charge is 0.0946 e. The van der Waals surface area contributed by atoms with Crippen molar-refractivity contribution in [2.45, 2.75) is 32.7 Å². The highest BCUT2D eigenvalue weighted by molar-refractivity contribution is 5.23. The molecule has 0 saturated heterocycles. The second kappa shape index (κ2) is 3.46. The van der Waals surface area contributed by atoms with E-state index in [0.717, 1.165) is 18.5 Å². The molecule has 0 unspecified atom stereocenters. The van der Waals surface area contributed by atoms with Crippen LogP contribution in [0.2, 0.25) is 0 Å². The summed E-state index contributed by atoms with van der Waals surface area (Å²) in [6, 6.07) is 0.434. The number of aliphatic hydroxyl groups excluding tert-OH is 1. The summed E-state index contributed by atoms with van der Waals surface area (Å²) in [6.07, 6.45) is 5.63. The molecule has 1 rings (SSSR count). The second-order valence-corrected chi connectivity index (χ2v) is 3.13. The van der Waals surface area contributed by atoms with Gasteiger partial charge in [-0.2, -0.15) is 0 Å². The number of allylic oxidation sites excluding steroid dienone is 3. The Hall–Kier alpha value is -0.920. The third-order valence-corrected chi connectivity index (χ3v) is 1.54. The zero-order chi connectivity index (χ0) is 8.27. The molecule has 0 aromatic rings. The van der Waals surface area contributed by atoms with Crippen LogP contribution in [0.15, 0.2) is 23.6 Å². The van der Waals surface area contributed by atoms with E-state index in [1.807, 2.05) is 0 Å². The quantitative estimate of drug-likeness (QED) is 0.636. The van der Waals surface area contributed by atoms with Gasteiger partial charge in [-0.15, -0.1) is 0 Å². The largest absolute Gasteiger partial charge is 0.512 e. The lowest BCUT2D eigenvalue weighted by molar-refractivity contribution is 0.385. The Morgan fingerprint density at radius 2 is 2.27 bits per heavy atom. The fourth-order valence-corrected chi connectivity index (χ4v) is 1.12. The normalized spacial score (nSPS) is 17.7. The van der Waals surface area contributed by atoms with E-state index in [1.54, 1.807) is 6.08 Å². The molecular formula is C9H15NO. The molecular weight excluding hydrogens is 138 g/mol. The molecule has 2 N–H and O–H groups in total. The summed E-state index contributed by atoms with van der Waals surface area (Å²) < 4.78 is 0. The summed E-state index contributed by atoms with van der Waals surface area (Å²) in [5, 5.41) is 12.4. The Kier molecular flexibility index (Phi) is 2.58. The van der Waals surface area contributed by atoms with Crippen molar-refractivity contribution in [3.63, 3.8) is 0 Å². The van der Waals surface area contributed by atoms with Crippen LogP contribution in [0.4, 0.5) is 0 Å². The van der Waals surface area contributed by atoms with Crippen molar-refractivity contribution in [2.75, 3.05) is 0 Å². The van der Waals surface area contributed by atoms with Crippen molar-refractivity contribution >= 4 is 0 Å². The highest BCUT2D eigenvalue weighted by Crippen LogP contribution is 2.12. The van der Waals surface area contributed by atoms with E-state index in [4.69, 9.17) is 0 Å². The average Bonchev–Trinajstić information content (AvgIpc) is 1.85. The van der Waals surface area contributed by atoms with E-state index in [1.165, 1.54) is 0 Å². The van der Waals surface area contributed by atoms with Gasteiger partial charge in [-0.3, -0.25) is 0 Å². The number of hydrogen-bond acceptors (Lipinski definition) is 2. The first-order chi connectivity index (χ1) is 5.18. The average molecular weight is 153 g/mol. The topological polar surface area (TPSA) is 32.3 Å². The van der Waals surface area contributed by atoms with Gasteiger partial charge in [0.05, 0.1) is 5.76 Å². The summed E-state index contributed by atoms with van der Waals surface area (Å²) in [4.78, 5) is 0. The molecule has 0 fully saturated rings. The van der Waals surface area contributed by atoms with Crippen LogP contribution in [0.3, 0.4) is 0 Å². The number of rotatable bonds is 2. The summed E-state index contributed by atoms with van der Waals surface area (Å²) in [6.45, 7) is 4.17. The molecule has 0 amide bonds. The van der Waals surface area contributed by atoms with Gasteiger partial charge in [-0.05, 0) is 26.3 Å². The monoisotopic (exact) mass is 153 g/mol. The van der Waals surface area contributed by atoms with Gasteiger partial charge in [0.2, 0.25) is 0 Å². The molecule has 0 aliphatic heterocycles. The third kappa shape index (κ3) is 2.66. The molecule has 62 valence electrons. The van der Waals surface area contributed by atoms with Gasteiger partial charge in [0.25, 0.3) is 0 Å². The maximum atomic E-state index is 9.17. The van der Waals surface area contributed by atoms with E-state index in [0.29, 0.717) is 11.8 Å². The van der Waals surface area contributed by atoms with Crippen LogP contribution < -0.4 is 5.32 Å². The minimum Gasteiger partial charge on any atom is -0.512 e. The Morgan fingerprint density at radius 1 is 1.55 bits per heavy atom. The highest BCUT2D eigenvalue weighted by Gasteiger charge is 2.03. The molecule has 0 heterocycles. The molecule has 0 aromatic carbocycles. The van der Waals surface area contributed by atoms with Crippen molar-refractivity contribution in [1.82, 2.24) is 5.32 Å². The van der Waals surface area contributed by atoms with Gasteiger partial charge < -0.3 is 10.4 Å². The Labute approximate surface area is 67.6 Å². The summed E-state index contributed by atoms with van der Waals surface area (Å²) in [7, 11) is 0. The second-order valence-electron chi connectivity index (χ2n) is 3.13. The Bertz CT molecular complexity index is 192. The lowest BCUT2D eigenvalue weighted by atomic mass is 10.1. The van der Waals surface area contributed by atoms with Crippen LogP contribution in [0.25, 0.3) is 0 Å². The third-order valence-electron chi connectivity index (χ3n) is 1.54. The molecule has 1 aliphatic carbocycles. The van der Waals surface area contributed by atoms with E-state index in [9.17, 15) is 5.11 Å². The van der Waals surface area contributed by atoms with E-state index >= 15 is 0 Å². The molecule has 0 aromatic heterocycles. The zero-order valence-corrected chi connectivity index (χ0v) is 7.09. The zero-order valence-electron chi connectivity index (χ0n) is 7.09. The van der Waals surface area contributed by atoms with Gasteiger partial charge in [0.15, 0.2) is 0 Å². The SMILES string of the molecule is CC(C)NC1=CCCC(O)=C1. The van der Waals surface area contributed by atoms with E-state index in [2.05, 4.69) is 25.2 Å². The maximum Gasteiger partial charge on any atom is 0.0946 e. The molecule has 2 nitrogen and oxygen atoms in total. The first kappa shape index (κ1) is 8.18. The summed E-state index contributed by atoms with van der Waals surface area (Å²) in [5.74, 6) is 0.482. The maximum absolute atomic E-state index is 9.17. The number of hydrogen-bond donors (Lipinski definition) is 2. The molecule has 0 bridgehead atoms. The minimum atomic E-state index is 0.434. The predicted octanol–water partition coefficient (Wildman–Crippen LogP) is 2.10. The molecule has 2 heteroatoms. The van der Waals surface area contributed by atoms with Crippen molar-refractivity contribution in [2.24, 2.45) is 0 Å². The lowest BCUT2D eigenvalue weighted by Crippen LogP contribution is -2.21. The summed E-state index contributed by atoms with van der Waals surface area (Å²) in [5.41, 5.74) is 1.05. The molecule has 11 heavy (non-hydrogen) atoms. The van der Waals surface area contributed by atoms with Gasteiger partial charge in [0.1, 0.15) is 0 Å². The first-order valence-electron chi connectivity index (χ1n) is 4.04. The van der Waals surface area contributed by atoms with Gasteiger partial charge in [0, 0.05) is 18.2 Å². The van der Waals surface area contributed by atoms with Gasteiger partial charge >= 0.3 is 0 Å². The molecule has 0 atom stereocenters.